The van der Waals surface area contributed by atoms with Gasteiger partial charge in [-0.05, 0) is 25.7 Å². The van der Waals surface area contributed by atoms with Crippen molar-refractivity contribution in [3.63, 3.8) is 0 Å². The Morgan fingerprint density at radius 2 is 2.00 bits per heavy atom. The number of ether oxygens (including phenoxy) is 1. The zero-order chi connectivity index (χ0) is 8.10. The number of rotatable bonds is 3. The standard InChI is InChI=1S/C9H17FO/c1-8(10)11-7-9-5-3-2-4-6-9/h8-9H,2-7H2,1H3. The van der Waals surface area contributed by atoms with E-state index in [2.05, 4.69) is 0 Å². The first-order chi connectivity index (χ1) is 5.29. The van der Waals surface area contributed by atoms with E-state index >= 15 is 0 Å². The molecule has 0 aromatic carbocycles. The highest BCUT2D eigenvalue weighted by Crippen LogP contribution is 2.23. The van der Waals surface area contributed by atoms with Gasteiger partial charge in [-0.25, -0.2) is 4.39 Å². The van der Waals surface area contributed by atoms with Gasteiger partial charge in [0.15, 0.2) is 6.36 Å². The minimum Gasteiger partial charge on any atom is -0.348 e. The molecule has 1 aliphatic rings. The van der Waals surface area contributed by atoms with E-state index in [1.165, 1.54) is 39.0 Å². The smallest absolute Gasteiger partial charge is 0.195 e. The molecule has 1 unspecified atom stereocenters. The molecule has 1 atom stereocenters. The van der Waals surface area contributed by atoms with Gasteiger partial charge in [0.05, 0.1) is 6.61 Å². The fourth-order valence-corrected chi connectivity index (χ4v) is 1.62. The summed E-state index contributed by atoms with van der Waals surface area (Å²) < 4.78 is 17.1. The SMILES string of the molecule is CC(F)OCC1CCCCC1. The summed E-state index contributed by atoms with van der Waals surface area (Å²) in [7, 11) is 0. The van der Waals surface area contributed by atoms with Crippen molar-refractivity contribution in [2.24, 2.45) is 5.92 Å². The Morgan fingerprint density at radius 1 is 1.36 bits per heavy atom. The second kappa shape index (κ2) is 4.70. The van der Waals surface area contributed by atoms with E-state index in [4.69, 9.17) is 4.74 Å². The van der Waals surface area contributed by atoms with Crippen LogP contribution in [0.3, 0.4) is 0 Å². The summed E-state index contributed by atoms with van der Waals surface area (Å²) in [6.07, 6.45) is 5.32. The monoisotopic (exact) mass is 160 g/mol. The molecule has 0 bridgehead atoms. The third kappa shape index (κ3) is 3.71. The van der Waals surface area contributed by atoms with Crippen molar-refractivity contribution < 1.29 is 9.13 Å². The normalized spacial score (nSPS) is 23.5. The Hall–Kier alpha value is -0.110. The van der Waals surface area contributed by atoms with E-state index in [9.17, 15) is 4.39 Å². The number of hydrogen-bond acceptors (Lipinski definition) is 1. The van der Waals surface area contributed by atoms with Crippen LogP contribution >= 0.6 is 0 Å². The highest BCUT2D eigenvalue weighted by molar-refractivity contribution is 4.64. The molecule has 1 fully saturated rings. The lowest BCUT2D eigenvalue weighted by atomic mass is 9.90. The Morgan fingerprint density at radius 3 is 2.55 bits per heavy atom. The van der Waals surface area contributed by atoms with Gasteiger partial charge in [0.2, 0.25) is 0 Å². The summed E-state index contributed by atoms with van der Waals surface area (Å²) in [5.74, 6) is 0.627. The van der Waals surface area contributed by atoms with Crippen LogP contribution in [0, 0.1) is 5.92 Å². The first-order valence-corrected chi connectivity index (χ1v) is 4.54. The lowest BCUT2D eigenvalue weighted by Crippen LogP contribution is -2.15. The molecule has 66 valence electrons. The molecule has 0 radical (unpaired) electrons. The Bertz CT molecular complexity index is 97.7. The van der Waals surface area contributed by atoms with E-state index in [-0.39, 0.29) is 0 Å². The average Bonchev–Trinajstić information content (AvgIpc) is 2.03. The molecular weight excluding hydrogens is 143 g/mol. The Balaban J connectivity index is 2.05. The topological polar surface area (TPSA) is 9.23 Å². The fraction of sp³-hybridized carbons (Fsp3) is 1.00. The summed E-state index contributed by atoms with van der Waals surface area (Å²) in [4.78, 5) is 0. The van der Waals surface area contributed by atoms with Crippen LogP contribution in [-0.2, 0) is 4.74 Å². The maximum absolute atomic E-state index is 12.2. The van der Waals surface area contributed by atoms with Crippen molar-refractivity contribution in [2.75, 3.05) is 6.61 Å². The van der Waals surface area contributed by atoms with Crippen molar-refractivity contribution in [3.8, 4) is 0 Å². The summed E-state index contributed by atoms with van der Waals surface area (Å²) in [5.41, 5.74) is 0. The van der Waals surface area contributed by atoms with Gasteiger partial charge in [0.25, 0.3) is 0 Å². The number of alkyl halides is 1. The van der Waals surface area contributed by atoms with E-state index in [0.29, 0.717) is 12.5 Å². The van der Waals surface area contributed by atoms with Gasteiger partial charge < -0.3 is 4.74 Å². The van der Waals surface area contributed by atoms with Crippen LogP contribution in [0.15, 0.2) is 0 Å². The van der Waals surface area contributed by atoms with E-state index in [0.717, 1.165) is 0 Å². The average molecular weight is 160 g/mol. The van der Waals surface area contributed by atoms with Crippen molar-refractivity contribution in [1.29, 1.82) is 0 Å². The van der Waals surface area contributed by atoms with Gasteiger partial charge in [0, 0.05) is 0 Å². The molecule has 1 nitrogen and oxygen atoms in total. The summed E-state index contributed by atoms with van der Waals surface area (Å²) >= 11 is 0. The zero-order valence-electron chi connectivity index (χ0n) is 7.18. The molecule has 11 heavy (non-hydrogen) atoms. The second-order valence-electron chi connectivity index (χ2n) is 3.38. The summed E-state index contributed by atoms with van der Waals surface area (Å²) in [6, 6.07) is 0. The Labute approximate surface area is 67.9 Å². The molecule has 0 aromatic heterocycles. The van der Waals surface area contributed by atoms with Gasteiger partial charge in [-0.1, -0.05) is 19.3 Å². The van der Waals surface area contributed by atoms with E-state index in [1.807, 2.05) is 0 Å². The van der Waals surface area contributed by atoms with Crippen LogP contribution in [-0.4, -0.2) is 13.0 Å². The van der Waals surface area contributed by atoms with Crippen molar-refractivity contribution in [2.45, 2.75) is 45.4 Å². The predicted octanol–water partition coefficient (Wildman–Crippen LogP) is 2.90. The fourth-order valence-electron chi connectivity index (χ4n) is 1.62. The maximum Gasteiger partial charge on any atom is 0.195 e. The third-order valence-corrected chi connectivity index (χ3v) is 2.29. The first-order valence-electron chi connectivity index (χ1n) is 4.54. The van der Waals surface area contributed by atoms with Crippen LogP contribution in [0.1, 0.15) is 39.0 Å². The third-order valence-electron chi connectivity index (χ3n) is 2.29. The van der Waals surface area contributed by atoms with Gasteiger partial charge >= 0.3 is 0 Å². The highest BCUT2D eigenvalue weighted by Gasteiger charge is 2.14. The lowest BCUT2D eigenvalue weighted by Gasteiger charge is -2.21. The highest BCUT2D eigenvalue weighted by atomic mass is 19.1. The van der Waals surface area contributed by atoms with Gasteiger partial charge in [0.1, 0.15) is 0 Å². The molecule has 0 aliphatic heterocycles. The molecule has 0 N–H and O–H groups in total. The molecule has 1 aliphatic carbocycles. The van der Waals surface area contributed by atoms with Crippen LogP contribution in [0.4, 0.5) is 4.39 Å². The van der Waals surface area contributed by atoms with Crippen molar-refractivity contribution >= 4 is 0 Å². The molecule has 0 aromatic rings. The molecule has 2 heteroatoms. The largest absolute Gasteiger partial charge is 0.348 e. The van der Waals surface area contributed by atoms with E-state index in [1.54, 1.807) is 0 Å². The lowest BCUT2D eigenvalue weighted by molar-refractivity contribution is -0.0448. The molecule has 1 saturated carbocycles. The molecule has 0 heterocycles. The molecule has 0 saturated heterocycles. The van der Waals surface area contributed by atoms with Gasteiger partial charge in [-0.2, -0.15) is 0 Å². The number of halogens is 1. The minimum atomic E-state index is -1.09. The number of hydrogen-bond donors (Lipinski definition) is 0. The van der Waals surface area contributed by atoms with Gasteiger partial charge in [-0.15, -0.1) is 0 Å². The molecular formula is C9H17FO. The molecule has 0 spiro atoms. The van der Waals surface area contributed by atoms with Crippen LogP contribution in [0.25, 0.3) is 0 Å². The zero-order valence-corrected chi connectivity index (χ0v) is 7.18. The molecule has 1 rings (SSSR count). The summed E-state index contributed by atoms with van der Waals surface area (Å²) in [6.45, 7) is 2.07. The van der Waals surface area contributed by atoms with Crippen LogP contribution < -0.4 is 0 Å². The maximum atomic E-state index is 12.2. The summed E-state index contributed by atoms with van der Waals surface area (Å²) in [5, 5.41) is 0. The van der Waals surface area contributed by atoms with Crippen LogP contribution in [0.5, 0.6) is 0 Å². The van der Waals surface area contributed by atoms with Crippen molar-refractivity contribution in [1.82, 2.24) is 0 Å². The minimum absolute atomic E-state index is 0.623. The predicted molar refractivity (Wildman–Crippen MR) is 43.1 cm³/mol. The van der Waals surface area contributed by atoms with Crippen molar-refractivity contribution in [3.05, 3.63) is 0 Å². The second-order valence-corrected chi connectivity index (χ2v) is 3.38. The quantitative estimate of drug-likeness (QED) is 0.616. The van der Waals surface area contributed by atoms with E-state index < -0.39 is 6.36 Å². The Kier molecular flexibility index (Phi) is 3.84. The first kappa shape index (κ1) is 8.98. The molecule has 0 amide bonds. The van der Waals surface area contributed by atoms with Crippen LogP contribution in [0.2, 0.25) is 0 Å². The van der Waals surface area contributed by atoms with Gasteiger partial charge in [-0.3, -0.25) is 0 Å².